The molecule has 1 fully saturated rings. The molecule has 0 saturated carbocycles. The fourth-order valence-corrected chi connectivity index (χ4v) is 3.77. The molecule has 34 heavy (non-hydrogen) atoms. The van der Waals surface area contributed by atoms with Crippen LogP contribution < -0.4 is 10.1 Å². The van der Waals surface area contributed by atoms with Gasteiger partial charge in [0.05, 0.1) is 24.6 Å². The van der Waals surface area contributed by atoms with Gasteiger partial charge in [0, 0.05) is 25.2 Å². The molecule has 0 spiro atoms. The van der Waals surface area contributed by atoms with Crippen molar-refractivity contribution in [2.75, 3.05) is 25.5 Å². The van der Waals surface area contributed by atoms with Gasteiger partial charge in [0.15, 0.2) is 11.4 Å². The van der Waals surface area contributed by atoms with Gasteiger partial charge in [-0.1, -0.05) is 12.1 Å². The van der Waals surface area contributed by atoms with Crippen LogP contribution in [0.4, 0.5) is 19.0 Å². The highest BCUT2D eigenvalue weighted by Gasteiger charge is 2.32. The third kappa shape index (κ3) is 5.03. The van der Waals surface area contributed by atoms with E-state index in [0.29, 0.717) is 31.7 Å². The molecule has 178 valence electrons. The fraction of sp³-hybridized carbons (Fsp3) is 0.304. The molecule has 4 rings (SSSR count). The quantitative estimate of drug-likeness (QED) is 0.609. The summed E-state index contributed by atoms with van der Waals surface area (Å²) in [5.74, 6) is -0.215. The normalized spacial score (nSPS) is 14.6. The number of piperidine rings is 1. The number of rotatable bonds is 5. The molecule has 1 saturated heterocycles. The molecule has 1 aliphatic heterocycles. The lowest BCUT2D eigenvalue weighted by Crippen LogP contribution is -2.41. The predicted octanol–water partition coefficient (Wildman–Crippen LogP) is 3.79. The highest BCUT2D eigenvalue weighted by Crippen LogP contribution is 2.31. The molecular formula is C23H22F3N5O3. The Balaban J connectivity index is 1.45. The predicted molar refractivity (Wildman–Crippen MR) is 117 cm³/mol. The van der Waals surface area contributed by atoms with E-state index in [1.807, 2.05) is 0 Å². The maximum absolute atomic E-state index is 13.1. The third-order valence-corrected chi connectivity index (χ3v) is 5.61. The Morgan fingerprint density at radius 1 is 1.12 bits per heavy atom. The number of hydrogen-bond acceptors (Lipinski definition) is 5. The first kappa shape index (κ1) is 23.3. The summed E-state index contributed by atoms with van der Waals surface area (Å²) in [4.78, 5) is 31.2. The molecule has 3 heterocycles. The molecule has 1 N–H and O–H groups in total. The van der Waals surface area contributed by atoms with Crippen LogP contribution in [0.15, 0.2) is 54.9 Å². The van der Waals surface area contributed by atoms with Gasteiger partial charge in [-0.25, -0.2) is 9.67 Å². The van der Waals surface area contributed by atoms with Crippen LogP contribution in [0.2, 0.25) is 0 Å². The second-order valence-corrected chi connectivity index (χ2v) is 7.81. The Labute approximate surface area is 193 Å². The molecule has 2 amide bonds. The number of benzene rings is 1. The number of halogens is 3. The lowest BCUT2D eigenvalue weighted by molar-refractivity contribution is -0.137. The van der Waals surface area contributed by atoms with Crippen molar-refractivity contribution in [3.05, 3.63) is 66.1 Å². The molecule has 11 heteroatoms. The van der Waals surface area contributed by atoms with Crippen molar-refractivity contribution in [1.82, 2.24) is 19.7 Å². The number of ether oxygens (including phenoxy) is 1. The minimum absolute atomic E-state index is 0.00343. The Kier molecular flexibility index (Phi) is 6.53. The van der Waals surface area contributed by atoms with Crippen LogP contribution in [0.1, 0.15) is 28.9 Å². The van der Waals surface area contributed by atoms with E-state index in [1.165, 1.54) is 30.1 Å². The first-order chi connectivity index (χ1) is 16.3. The lowest BCUT2D eigenvalue weighted by Gasteiger charge is -2.30. The second kappa shape index (κ2) is 9.54. The van der Waals surface area contributed by atoms with Gasteiger partial charge in [0.1, 0.15) is 5.82 Å². The van der Waals surface area contributed by atoms with Crippen molar-refractivity contribution in [3.8, 4) is 11.4 Å². The van der Waals surface area contributed by atoms with Gasteiger partial charge < -0.3 is 15.0 Å². The monoisotopic (exact) mass is 473 g/mol. The number of alkyl halides is 3. The molecular weight excluding hydrogens is 451 g/mol. The topological polar surface area (TPSA) is 89.4 Å². The van der Waals surface area contributed by atoms with Crippen LogP contribution in [0.5, 0.6) is 5.75 Å². The zero-order valence-electron chi connectivity index (χ0n) is 18.2. The third-order valence-electron chi connectivity index (χ3n) is 5.61. The number of methoxy groups -OCH3 is 1. The van der Waals surface area contributed by atoms with Crippen molar-refractivity contribution in [1.29, 1.82) is 0 Å². The molecule has 0 radical (unpaired) electrons. The zero-order chi connectivity index (χ0) is 24.3. The fourth-order valence-electron chi connectivity index (χ4n) is 3.77. The van der Waals surface area contributed by atoms with Crippen molar-refractivity contribution < 1.29 is 27.5 Å². The molecule has 0 bridgehead atoms. The summed E-state index contributed by atoms with van der Waals surface area (Å²) in [6.07, 6.45) is -0.625. The largest absolute Gasteiger partial charge is 0.493 e. The van der Waals surface area contributed by atoms with Crippen LogP contribution in [0.3, 0.4) is 0 Å². The van der Waals surface area contributed by atoms with E-state index in [-0.39, 0.29) is 29.0 Å². The number of anilines is 1. The van der Waals surface area contributed by atoms with E-state index >= 15 is 0 Å². The van der Waals surface area contributed by atoms with Crippen molar-refractivity contribution >= 4 is 17.6 Å². The van der Waals surface area contributed by atoms with E-state index in [0.717, 1.165) is 12.1 Å². The maximum Gasteiger partial charge on any atom is 0.416 e. The van der Waals surface area contributed by atoms with Gasteiger partial charge in [0.2, 0.25) is 5.91 Å². The number of pyridine rings is 1. The van der Waals surface area contributed by atoms with Gasteiger partial charge in [-0.05, 0) is 43.2 Å². The van der Waals surface area contributed by atoms with Crippen molar-refractivity contribution in [2.45, 2.75) is 19.0 Å². The Bertz CT molecular complexity index is 1170. The van der Waals surface area contributed by atoms with Gasteiger partial charge >= 0.3 is 6.18 Å². The van der Waals surface area contributed by atoms with E-state index in [4.69, 9.17) is 4.74 Å². The highest BCUT2D eigenvalue weighted by atomic mass is 19.4. The first-order valence-electron chi connectivity index (χ1n) is 10.6. The standard InChI is InChI=1S/C23H22F3N5O3/c1-34-18-14-31(17-6-4-5-16(13-17)23(24,25)26)29-20(18)22(33)30-11-8-15(9-12-30)21(32)28-19-7-2-3-10-27-19/h2-7,10,13-15H,8-9,11-12H2,1H3,(H,27,28,32). The SMILES string of the molecule is COc1cn(-c2cccc(C(F)(F)F)c2)nc1C(=O)N1CCC(C(=O)Nc2ccccn2)CC1. The highest BCUT2D eigenvalue weighted by molar-refractivity contribution is 5.95. The molecule has 0 unspecified atom stereocenters. The summed E-state index contributed by atoms with van der Waals surface area (Å²) in [6, 6.07) is 9.87. The molecule has 0 atom stereocenters. The van der Waals surface area contributed by atoms with E-state index in [1.54, 1.807) is 29.3 Å². The smallest absolute Gasteiger partial charge is 0.416 e. The summed E-state index contributed by atoms with van der Waals surface area (Å²) in [7, 11) is 1.36. The summed E-state index contributed by atoms with van der Waals surface area (Å²) in [5.41, 5.74) is -0.674. The number of carbonyl (C=O) groups excluding carboxylic acids is 2. The van der Waals surface area contributed by atoms with Crippen LogP contribution in [-0.4, -0.2) is 51.7 Å². The maximum atomic E-state index is 13.1. The van der Waals surface area contributed by atoms with Crippen LogP contribution in [0.25, 0.3) is 5.69 Å². The Morgan fingerprint density at radius 2 is 1.88 bits per heavy atom. The number of hydrogen-bond donors (Lipinski definition) is 1. The molecule has 0 aliphatic carbocycles. The van der Waals surface area contributed by atoms with E-state index < -0.39 is 17.6 Å². The number of likely N-dealkylation sites (tertiary alicyclic amines) is 1. The average molecular weight is 473 g/mol. The van der Waals surface area contributed by atoms with Gasteiger partial charge in [0.25, 0.3) is 5.91 Å². The number of carbonyl (C=O) groups is 2. The Morgan fingerprint density at radius 3 is 2.53 bits per heavy atom. The summed E-state index contributed by atoms with van der Waals surface area (Å²) < 4.78 is 45.7. The minimum Gasteiger partial charge on any atom is -0.493 e. The second-order valence-electron chi connectivity index (χ2n) is 7.81. The molecule has 2 aromatic heterocycles. The molecule has 8 nitrogen and oxygen atoms in total. The number of nitrogens with one attached hydrogen (secondary N) is 1. The van der Waals surface area contributed by atoms with Gasteiger partial charge in [-0.2, -0.15) is 18.3 Å². The summed E-state index contributed by atoms with van der Waals surface area (Å²) in [6.45, 7) is 0.664. The summed E-state index contributed by atoms with van der Waals surface area (Å²) in [5, 5.41) is 6.98. The minimum atomic E-state index is -4.50. The van der Waals surface area contributed by atoms with Gasteiger partial charge in [-0.15, -0.1) is 0 Å². The van der Waals surface area contributed by atoms with Crippen LogP contribution >= 0.6 is 0 Å². The van der Waals surface area contributed by atoms with Crippen LogP contribution in [0, 0.1) is 5.92 Å². The zero-order valence-corrected chi connectivity index (χ0v) is 18.2. The number of amides is 2. The van der Waals surface area contributed by atoms with Crippen LogP contribution in [-0.2, 0) is 11.0 Å². The van der Waals surface area contributed by atoms with Crippen molar-refractivity contribution in [2.24, 2.45) is 5.92 Å². The summed E-state index contributed by atoms with van der Waals surface area (Å²) >= 11 is 0. The molecule has 1 aliphatic rings. The van der Waals surface area contributed by atoms with Crippen molar-refractivity contribution in [3.63, 3.8) is 0 Å². The number of aromatic nitrogens is 3. The van der Waals surface area contributed by atoms with E-state index in [2.05, 4.69) is 15.4 Å². The Hall–Kier alpha value is -3.89. The number of nitrogens with zero attached hydrogens (tertiary/aromatic N) is 4. The van der Waals surface area contributed by atoms with E-state index in [9.17, 15) is 22.8 Å². The first-order valence-corrected chi connectivity index (χ1v) is 10.6. The molecule has 1 aromatic carbocycles. The average Bonchev–Trinajstić information content (AvgIpc) is 3.28. The van der Waals surface area contributed by atoms with Gasteiger partial charge in [-0.3, -0.25) is 9.59 Å². The molecule has 3 aromatic rings. The lowest BCUT2D eigenvalue weighted by atomic mass is 9.95.